The summed E-state index contributed by atoms with van der Waals surface area (Å²) in [5, 5.41) is 6.88. The summed E-state index contributed by atoms with van der Waals surface area (Å²) in [4.78, 5) is 4.71. The molecule has 0 saturated heterocycles. The average molecular weight is 323 g/mol. The fraction of sp³-hybridized carbons (Fsp3) is 0.357. The number of benzene rings is 1. The van der Waals surface area contributed by atoms with Crippen LogP contribution in [-0.2, 0) is 6.42 Å². The van der Waals surface area contributed by atoms with Gasteiger partial charge in [0.15, 0.2) is 0 Å². The second-order valence-corrected chi connectivity index (χ2v) is 6.38. The summed E-state index contributed by atoms with van der Waals surface area (Å²) in [5.41, 5.74) is 2.25. The molecule has 1 fully saturated rings. The third kappa shape index (κ3) is 2.99. The number of halogens is 1. The maximum atomic E-state index is 4.71. The smallest absolute Gasteiger partial charge is 0.0945 e. The molecule has 0 spiro atoms. The maximum absolute atomic E-state index is 4.71. The van der Waals surface area contributed by atoms with Crippen molar-refractivity contribution in [2.45, 2.75) is 25.3 Å². The van der Waals surface area contributed by atoms with E-state index in [9.17, 15) is 0 Å². The van der Waals surface area contributed by atoms with Gasteiger partial charge in [0, 0.05) is 34.4 Å². The van der Waals surface area contributed by atoms with Crippen molar-refractivity contribution in [2.24, 2.45) is 0 Å². The lowest BCUT2D eigenvalue weighted by Gasteiger charge is -2.00. The highest BCUT2D eigenvalue weighted by molar-refractivity contribution is 9.10. The van der Waals surface area contributed by atoms with Crippen molar-refractivity contribution in [1.82, 2.24) is 10.3 Å². The van der Waals surface area contributed by atoms with E-state index in [0.29, 0.717) is 0 Å². The molecule has 4 heteroatoms. The van der Waals surface area contributed by atoms with Gasteiger partial charge in [-0.3, -0.25) is 0 Å². The van der Waals surface area contributed by atoms with Crippen molar-refractivity contribution in [3.8, 4) is 11.3 Å². The molecule has 1 heterocycles. The third-order valence-corrected chi connectivity index (χ3v) is 4.65. The summed E-state index contributed by atoms with van der Waals surface area (Å²) in [6.07, 6.45) is 3.73. The van der Waals surface area contributed by atoms with Gasteiger partial charge in [0.2, 0.25) is 0 Å². The van der Waals surface area contributed by atoms with Gasteiger partial charge in [0.1, 0.15) is 0 Å². The van der Waals surface area contributed by atoms with Crippen LogP contribution < -0.4 is 5.32 Å². The van der Waals surface area contributed by atoms with E-state index in [1.54, 1.807) is 11.3 Å². The Morgan fingerprint density at radius 2 is 2.17 bits per heavy atom. The quantitative estimate of drug-likeness (QED) is 0.903. The highest BCUT2D eigenvalue weighted by Crippen LogP contribution is 2.29. The van der Waals surface area contributed by atoms with Crippen LogP contribution in [0.3, 0.4) is 0 Å². The van der Waals surface area contributed by atoms with E-state index in [-0.39, 0.29) is 0 Å². The summed E-state index contributed by atoms with van der Waals surface area (Å²) in [5.74, 6) is 0. The van der Waals surface area contributed by atoms with E-state index >= 15 is 0 Å². The van der Waals surface area contributed by atoms with Crippen molar-refractivity contribution < 1.29 is 0 Å². The van der Waals surface area contributed by atoms with E-state index in [2.05, 4.69) is 38.8 Å². The van der Waals surface area contributed by atoms with E-state index < -0.39 is 0 Å². The zero-order chi connectivity index (χ0) is 12.4. The van der Waals surface area contributed by atoms with Gasteiger partial charge in [0.25, 0.3) is 0 Å². The normalized spacial score (nSPS) is 14.9. The monoisotopic (exact) mass is 322 g/mol. The topological polar surface area (TPSA) is 24.9 Å². The van der Waals surface area contributed by atoms with Gasteiger partial charge >= 0.3 is 0 Å². The summed E-state index contributed by atoms with van der Waals surface area (Å²) in [6.45, 7) is 1.05. The lowest BCUT2D eigenvalue weighted by atomic mass is 10.2. The molecular formula is C14H15BrN2S. The maximum Gasteiger partial charge on any atom is 0.0945 e. The summed E-state index contributed by atoms with van der Waals surface area (Å²) in [6, 6.07) is 9.02. The second kappa shape index (κ2) is 5.51. The Balaban J connectivity index is 1.66. The Kier molecular flexibility index (Phi) is 3.77. The fourth-order valence-corrected chi connectivity index (χ4v) is 3.18. The molecule has 94 valence electrons. The standard InChI is InChI=1S/C14H15BrN2S/c15-12-4-2-1-3-11(12)13-9-18-14(17-13)7-8-16-10-5-6-10/h1-4,9-10,16H,5-8H2. The molecule has 0 amide bonds. The molecule has 2 nitrogen and oxygen atoms in total. The van der Waals surface area contributed by atoms with Crippen molar-refractivity contribution in [1.29, 1.82) is 0 Å². The zero-order valence-corrected chi connectivity index (χ0v) is 12.4. The Labute approximate surface area is 120 Å². The molecule has 18 heavy (non-hydrogen) atoms. The Bertz CT molecular complexity index is 534. The SMILES string of the molecule is Brc1ccccc1-c1csc(CCNC2CC2)n1. The van der Waals surface area contributed by atoms with Crippen LogP contribution >= 0.6 is 27.3 Å². The first kappa shape index (κ1) is 12.3. The first-order valence-corrected chi connectivity index (χ1v) is 7.93. The van der Waals surface area contributed by atoms with E-state index in [1.807, 2.05) is 12.1 Å². The molecule has 1 aliphatic rings. The van der Waals surface area contributed by atoms with Crippen LogP contribution in [-0.4, -0.2) is 17.6 Å². The largest absolute Gasteiger partial charge is 0.314 e. The molecule has 1 saturated carbocycles. The second-order valence-electron chi connectivity index (χ2n) is 4.58. The number of nitrogens with zero attached hydrogens (tertiary/aromatic N) is 1. The Morgan fingerprint density at radius 1 is 1.33 bits per heavy atom. The van der Waals surface area contributed by atoms with Crippen LogP contribution in [0.4, 0.5) is 0 Å². The predicted molar refractivity (Wildman–Crippen MR) is 80.0 cm³/mol. The van der Waals surface area contributed by atoms with Crippen LogP contribution in [0.5, 0.6) is 0 Å². The zero-order valence-electron chi connectivity index (χ0n) is 10.0. The number of hydrogen-bond donors (Lipinski definition) is 1. The summed E-state index contributed by atoms with van der Waals surface area (Å²) in [7, 11) is 0. The Morgan fingerprint density at radius 3 is 2.94 bits per heavy atom. The molecule has 3 rings (SSSR count). The fourth-order valence-electron chi connectivity index (χ4n) is 1.89. The first-order chi connectivity index (χ1) is 8.83. The van der Waals surface area contributed by atoms with Gasteiger partial charge in [-0.2, -0.15) is 0 Å². The lowest BCUT2D eigenvalue weighted by molar-refractivity contribution is 0.680. The minimum atomic E-state index is 0.785. The van der Waals surface area contributed by atoms with Crippen molar-refractivity contribution in [3.63, 3.8) is 0 Å². The molecule has 2 aromatic rings. The minimum absolute atomic E-state index is 0.785. The molecule has 0 bridgehead atoms. The summed E-state index contributed by atoms with van der Waals surface area (Å²) >= 11 is 5.33. The van der Waals surface area contributed by atoms with Crippen LogP contribution in [0.2, 0.25) is 0 Å². The number of hydrogen-bond acceptors (Lipinski definition) is 3. The van der Waals surface area contributed by atoms with E-state index in [0.717, 1.165) is 29.2 Å². The number of thiazole rings is 1. The molecule has 0 aliphatic heterocycles. The van der Waals surface area contributed by atoms with Gasteiger partial charge in [-0.25, -0.2) is 4.98 Å². The Hall–Kier alpha value is -0.710. The number of rotatable bonds is 5. The molecule has 0 atom stereocenters. The molecule has 1 N–H and O–H groups in total. The van der Waals surface area contributed by atoms with Crippen molar-refractivity contribution in [2.75, 3.05) is 6.54 Å². The van der Waals surface area contributed by atoms with E-state index in [4.69, 9.17) is 4.98 Å². The van der Waals surface area contributed by atoms with Gasteiger partial charge in [-0.05, 0) is 18.9 Å². The first-order valence-electron chi connectivity index (χ1n) is 6.25. The van der Waals surface area contributed by atoms with E-state index in [1.165, 1.54) is 23.4 Å². The lowest BCUT2D eigenvalue weighted by Crippen LogP contribution is -2.19. The van der Waals surface area contributed by atoms with Crippen LogP contribution in [0.15, 0.2) is 34.1 Å². The van der Waals surface area contributed by atoms with Gasteiger partial charge in [-0.15, -0.1) is 11.3 Å². The van der Waals surface area contributed by atoms with Crippen molar-refractivity contribution in [3.05, 3.63) is 39.1 Å². The minimum Gasteiger partial charge on any atom is -0.314 e. The molecule has 1 aromatic heterocycles. The highest BCUT2D eigenvalue weighted by Gasteiger charge is 2.19. The van der Waals surface area contributed by atoms with Crippen LogP contribution in [0.1, 0.15) is 17.8 Å². The number of aromatic nitrogens is 1. The van der Waals surface area contributed by atoms with Crippen molar-refractivity contribution >= 4 is 27.3 Å². The molecule has 0 unspecified atom stereocenters. The molecule has 1 aromatic carbocycles. The van der Waals surface area contributed by atoms with Gasteiger partial charge in [-0.1, -0.05) is 34.1 Å². The molecule has 0 radical (unpaired) electrons. The van der Waals surface area contributed by atoms with Gasteiger partial charge < -0.3 is 5.32 Å². The number of nitrogens with one attached hydrogen (secondary N) is 1. The van der Waals surface area contributed by atoms with Gasteiger partial charge in [0.05, 0.1) is 10.7 Å². The summed E-state index contributed by atoms with van der Waals surface area (Å²) < 4.78 is 1.11. The average Bonchev–Trinajstić information content (AvgIpc) is 3.08. The predicted octanol–water partition coefficient (Wildman–Crippen LogP) is 3.87. The molecular weight excluding hydrogens is 308 g/mol. The van der Waals surface area contributed by atoms with Crippen LogP contribution in [0.25, 0.3) is 11.3 Å². The third-order valence-electron chi connectivity index (χ3n) is 3.05. The molecule has 1 aliphatic carbocycles. The highest BCUT2D eigenvalue weighted by atomic mass is 79.9. The van der Waals surface area contributed by atoms with Crippen LogP contribution in [0, 0.1) is 0 Å².